The lowest BCUT2D eigenvalue weighted by Crippen LogP contribution is -2.14. The molecular formula is C6H7Br2F3O. The molecule has 0 saturated carbocycles. The number of aliphatic hydroxyl groups is 1. The second-order valence-electron chi connectivity index (χ2n) is 2.08. The Balaban J connectivity index is 4.69. The smallest absolute Gasteiger partial charge is 0.388 e. The Morgan fingerprint density at radius 3 is 2.08 bits per heavy atom. The van der Waals surface area contributed by atoms with Gasteiger partial charge < -0.3 is 5.11 Å². The van der Waals surface area contributed by atoms with E-state index in [9.17, 15) is 13.2 Å². The molecule has 0 spiro atoms. The molecular weight excluding hydrogens is 305 g/mol. The highest BCUT2D eigenvalue weighted by Crippen LogP contribution is 2.36. The predicted octanol–water partition coefficient (Wildman–Crippen LogP) is 3.32. The molecule has 0 heterocycles. The van der Waals surface area contributed by atoms with E-state index in [-0.39, 0.29) is 10.9 Å². The standard InChI is InChI=1S/C6H7Br2F3O/c1-2-3(12)4(7)5(8)6(9,10)11/h3,12H,2H2,1H3/b5-4+/t3-/m1/s1. The van der Waals surface area contributed by atoms with Crippen molar-refractivity contribution in [3.05, 3.63) is 8.96 Å². The number of rotatable bonds is 2. The fourth-order valence-corrected chi connectivity index (χ4v) is 1.27. The first-order chi connectivity index (χ1) is 5.30. The van der Waals surface area contributed by atoms with E-state index < -0.39 is 16.8 Å². The van der Waals surface area contributed by atoms with Gasteiger partial charge in [0.2, 0.25) is 0 Å². The average molecular weight is 312 g/mol. The van der Waals surface area contributed by atoms with Crippen LogP contribution in [-0.4, -0.2) is 17.4 Å². The van der Waals surface area contributed by atoms with Gasteiger partial charge in [-0.3, -0.25) is 0 Å². The molecule has 12 heavy (non-hydrogen) atoms. The molecule has 0 aliphatic rings. The van der Waals surface area contributed by atoms with Crippen LogP contribution in [0.1, 0.15) is 13.3 Å². The highest BCUT2D eigenvalue weighted by Gasteiger charge is 2.35. The summed E-state index contributed by atoms with van der Waals surface area (Å²) in [4.78, 5) is 0. The van der Waals surface area contributed by atoms with Crippen molar-refractivity contribution in [1.29, 1.82) is 0 Å². The van der Waals surface area contributed by atoms with Crippen LogP contribution in [0.4, 0.5) is 13.2 Å². The van der Waals surface area contributed by atoms with Crippen LogP contribution in [0.2, 0.25) is 0 Å². The highest BCUT2D eigenvalue weighted by atomic mass is 79.9. The van der Waals surface area contributed by atoms with Crippen LogP contribution < -0.4 is 0 Å². The van der Waals surface area contributed by atoms with E-state index in [1.807, 2.05) is 0 Å². The zero-order valence-electron chi connectivity index (χ0n) is 6.12. The molecule has 1 nitrogen and oxygen atoms in total. The third-order valence-electron chi connectivity index (χ3n) is 1.14. The van der Waals surface area contributed by atoms with Gasteiger partial charge in [0.05, 0.1) is 6.10 Å². The van der Waals surface area contributed by atoms with Crippen LogP contribution in [0.3, 0.4) is 0 Å². The summed E-state index contributed by atoms with van der Waals surface area (Å²) in [6, 6.07) is 0. The summed E-state index contributed by atoms with van der Waals surface area (Å²) in [6.07, 6.45) is -5.33. The van der Waals surface area contributed by atoms with Crippen molar-refractivity contribution in [1.82, 2.24) is 0 Å². The molecule has 0 unspecified atom stereocenters. The molecule has 1 atom stereocenters. The maximum absolute atomic E-state index is 12.0. The summed E-state index contributed by atoms with van der Waals surface area (Å²) in [6.45, 7) is 1.59. The average Bonchev–Trinajstić information content (AvgIpc) is 1.98. The number of hydrogen-bond donors (Lipinski definition) is 1. The van der Waals surface area contributed by atoms with E-state index >= 15 is 0 Å². The highest BCUT2D eigenvalue weighted by molar-refractivity contribution is 9.14. The predicted molar refractivity (Wildman–Crippen MR) is 47.2 cm³/mol. The Labute approximate surface area is 84.9 Å². The minimum atomic E-state index is -4.45. The second-order valence-corrected chi connectivity index (χ2v) is 3.73. The van der Waals surface area contributed by atoms with E-state index in [4.69, 9.17) is 5.11 Å². The molecule has 1 N–H and O–H groups in total. The normalized spacial score (nSPS) is 17.2. The SMILES string of the molecule is CC[C@@H](O)/C(Br)=C(\Br)C(F)(F)F. The van der Waals surface area contributed by atoms with Crippen LogP contribution >= 0.6 is 31.9 Å². The zero-order chi connectivity index (χ0) is 9.94. The lowest BCUT2D eigenvalue weighted by atomic mass is 10.2. The second kappa shape index (κ2) is 4.62. The van der Waals surface area contributed by atoms with Crippen molar-refractivity contribution < 1.29 is 18.3 Å². The first-order valence-corrected chi connectivity index (χ1v) is 4.69. The fourth-order valence-electron chi connectivity index (χ4n) is 0.461. The third kappa shape index (κ3) is 3.45. The van der Waals surface area contributed by atoms with Crippen molar-refractivity contribution in [2.24, 2.45) is 0 Å². The quantitative estimate of drug-likeness (QED) is 0.829. The number of aliphatic hydroxyl groups excluding tert-OH is 1. The molecule has 0 amide bonds. The maximum Gasteiger partial charge on any atom is 0.423 e. The Morgan fingerprint density at radius 1 is 1.42 bits per heavy atom. The number of halogens is 5. The van der Waals surface area contributed by atoms with Crippen molar-refractivity contribution in [2.75, 3.05) is 0 Å². The minimum absolute atomic E-state index is 0.228. The molecule has 0 aromatic rings. The first kappa shape index (κ1) is 12.4. The van der Waals surface area contributed by atoms with Crippen LogP contribution in [0.15, 0.2) is 8.96 Å². The van der Waals surface area contributed by atoms with Crippen LogP contribution in [0, 0.1) is 0 Å². The monoisotopic (exact) mass is 310 g/mol. The number of alkyl halides is 3. The molecule has 0 aromatic heterocycles. The molecule has 72 valence electrons. The molecule has 0 aliphatic heterocycles. The Morgan fingerprint density at radius 2 is 1.83 bits per heavy atom. The summed E-state index contributed by atoms with van der Waals surface area (Å²) in [5, 5.41) is 9.03. The molecule has 0 saturated heterocycles. The van der Waals surface area contributed by atoms with Crippen LogP contribution in [-0.2, 0) is 0 Å². The molecule has 0 fully saturated rings. The summed E-state index contributed by atoms with van der Waals surface area (Å²) >= 11 is 5.02. The van der Waals surface area contributed by atoms with E-state index in [2.05, 4.69) is 31.9 Å². The maximum atomic E-state index is 12.0. The number of hydrogen-bond acceptors (Lipinski definition) is 1. The number of allylic oxidation sites excluding steroid dienone is 1. The van der Waals surface area contributed by atoms with E-state index in [0.29, 0.717) is 0 Å². The lowest BCUT2D eigenvalue weighted by Gasteiger charge is -2.11. The van der Waals surface area contributed by atoms with Gasteiger partial charge in [-0.05, 0) is 22.4 Å². The zero-order valence-corrected chi connectivity index (χ0v) is 9.29. The van der Waals surface area contributed by atoms with E-state index in [1.165, 1.54) is 0 Å². The van der Waals surface area contributed by atoms with Gasteiger partial charge >= 0.3 is 6.18 Å². The third-order valence-corrected chi connectivity index (χ3v) is 3.47. The summed E-state index contributed by atoms with van der Waals surface area (Å²) in [5.41, 5.74) is 0. The fraction of sp³-hybridized carbons (Fsp3) is 0.667. The lowest BCUT2D eigenvalue weighted by molar-refractivity contribution is -0.0838. The van der Waals surface area contributed by atoms with Crippen LogP contribution in [0.5, 0.6) is 0 Å². The largest absolute Gasteiger partial charge is 0.423 e. The molecule has 0 aliphatic carbocycles. The molecule has 6 heteroatoms. The van der Waals surface area contributed by atoms with Gasteiger partial charge in [0, 0.05) is 4.48 Å². The van der Waals surface area contributed by atoms with Crippen molar-refractivity contribution >= 4 is 31.9 Å². The van der Waals surface area contributed by atoms with Gasteiger partial charge in [0.1, 0.15) is 4.48 Å². The van der Waals surface area contributed by atoms with Crippen LogP contribution in [0.25, 0.3) is 0 Å². The molecule has 0 radical (unpaired) electrons. The minimum Gasteiger partial charge on any atom is -0.388 e. The van der Waals surface area contributed by atoms with E-state index in [0.717, 1.165) is 0 Å². The van der Waals surface area contributed by atoms with Gasteiger partial charge in [-0.25, -0.2) is 0 Å². The van der Waals surface area contributed by atoms with Gasteiger partial charge in [-0.1, -0.05) is 22.9 Å². The van der Waals surface area contributed by atoms with Gasteiger partial charge in [-0.2, -0.15) is 13.2 Å². The molecule has 0 aromatic carbocycles. The van der Waals surface area contributed by atoms with Crippen molar-refractivity contribution in [3.8, 4) is 0 Å². The van der Waals surface area contributed by atoms with Crippen molar-refractivity contribution in [3.63, 3.8) is 0 Å². The molecule has 0 bridgehead atoms. The first-order valence-electron chi connectivity index (χ1n) is 3.11. The Bertz CT molecular complexity index is 188. The Kier molecular flexibility index (Phi) is 4.79. The summed E-state index contributed by atoms with van der Waals surface area (Å²) in [5.74, 6) is 0. The van der Waals surface area contributed by atoms with Crippen molar-refractivity contribution in [2.45, 2.75) is 25.6 Å². The topological polar surface area (TPSA) is 20.2 Å². The van der Waals surface area contributed by atoms with Gasteiger partial charge in [0.25, 0.3) is 0 Å². The Hall–Kier alpha value is 0.450. The van der Waals surface area contributed by atoms with E-state index in [1.54, 1.807) is 6.92 Å². The molecule has 0 rings (SSSR count). The summed E-state index contributed by atoms with van der Waals surface area (Å²) in [7, 11) is 0. The summed E-state index contributed by atoms with van der Waals surface area (Å²) < 4.78 is 34.6. The van der Waals surface area contributed by atoms with Gasteiger partial charge in [-0.15, -0.1) is 0 Å². The van der Waals surface area contributed by atoms with Gasteiger partial charge in [0.15, 0.2) is 0 Å².